The zero-order chi connectivity index (χ0) is 13.6. The number of aliphatic hydroxyl groups is 1. The number of hydrogen-bond donors (Lipinski definition) is 1. The number of halogens is 3. The number of ether oxygens (including phenoxy) is 1. The van der Waals surface area contributed by atoms with Crippen molar-refractivity contribution in [2.75, 3.05) is 0 Å². The van der Waals surface area contributed by atoms with Crippen molar-refractivity contribution in [1.82, 2.24) is 4.90 Å². The molecule has 0 unspecified atom stereocenters. The van der Waals surface area contributed by atoms with Crippen LogP contribution in [0.15, 0.2) is 0 Å². The van der Waals surface area contributed by atoms with Gasteiger partial charge in [-0.25, -0.2) is 9.69 Å². The molecule has 8 heteroatoms. The smallest absolute Gasteiger partial charge is 0.417 e. The van der Waals surface area contributed by atoms with E-state index in [1.165, 1.54) is 20.8 Å². The second-order valence-corrected chi connectivity index (χ2v) is 5.12. The molecule has 0 spiro atoms. The number of amides is 2. The summed E-state index contributed by atoms with van der Waals surface area (Å²) in [4.78, 5) is 22.7. The first-order valence-electron chi connectivity index (χ1n) is 4.76. The fourth-order valence-electron chi connectivity index (χ4n) is 1.31. The van der Waals surface area contributed by atoms with E-state index in [4.69, 9.17) is 21.4 Å². The normalized spacial score (nSPS) is 25.6. The van der Waals surface area contributed by atoms with Gasteiger partial charge in [-0.1, -0.05) is 0 Å². The quantitative estimate of drug-likeness (QED) is 0.577. The lowest BCUT2D eigenvalue weighted by atomic mass is 9.99. The van der Waals surface area contributed by atoms with Gasteiger partial charge in [0.25, 0.3) is 5.91 Å². The number of alkyl halides is 3. The number of carbonyl (C=O) groups excluding carboxylic acids is 2. The van der Waals surface area contributed by atoms with Crippen LogP contribution in [0.5, 0.6) is 0 Å². The van der Waals surface area contributed by atoms with E-state index in [0.717, 1.165) is 0 Å². The number of imide groups is 1. The number of aliphatic hydroxyl groups excluding tert-OH is 1. The summed E-state index contributed by atoms with van der Waals surface area (Å²) in [6.07, 6.45) is -3.24. The standard InChI is InChI=1S/C9H12ClF2NO4/c1-8(2,3)17-7(16)13-5(9(10,11)12)4(14)6(13)15/h4-5,14H,1-3H3/t4-,5-/m1/s1. The van der Waals surface area contributed by atoms with Crippen LogP contribution in [0.3, 0.4) is 0 Å². The summed E-state index contributed by atoms with van der Waals surface area (Å²) in [5.41, 5.74) is -0.940. The molecule has 1 saturated heterocycles. The Morgan fingerprint density at radius 1 is 1.47 bits per heavy atom. The molecule has 2 atom stereocenters. The molecule has 1 N–H and O–H groups in total. The number of carbonyl (C=O) groups is 2. The van der Waals surface area contributed by atoms with Gasteiger partial charge in [0.05, 0.1) is 0 Å². The van der Waals surface area contributed by atoms with Crippen molar-refractivity contribution in [3.05, 3.63) is 0 Å². The Labute approximate surface area is 101 Å². The maximum absolute atomic E-state index is 12.8. The molecule has 0 aromatic heterocycles. The van der Waals surface area contributed by atoms with E-state index in [0.29, 0.717) is 0 Å². The minimum atomic E-state index is -3.90. The van der Waals surface area contributed by atoms with Crippen LogP contribution in [-0.4, -0.2) is 45.1 Å². The lowest BCUT2D eigenvalue weighted by Crippen LogP contribution is -2.71. The Bertz CT molecular complexity index is 350. The van der Waals surface area contributed by atoms with Crippen LogP contribution in [0.1, 0.15) is 20.8 Å². The van der Waals surface area contributed by atoms with E-state index in [1.54, 1.807) is 0 Å². The third-order valence-corrected chi connectivity index (χ3v) is 2.22. The van der Waals surface area contributed by atoms with E-state index in [2.05, 4.69) is 0 Å². The van der Waals surface area contributed by atoms with Crippen LogP contribution in [-0.2, 0) is 9.53 Å². The maximum atomic E-state index is 12.8. The van der Waals surface area contributed by atoms with E-state index in [9.17, 15) is 18.4 Å². The molecule has 2 amide bonds. The van der Waals surface area contributed by atoms with Crippen LogP contribution in [0.2, 0.25) is 0 Å². The van der Waals surface area contributed by atoms with Crippen molar-refractivity contribution >= 4 is 23.6 Å². The van der Waals surface area contributed by atoms with Gasteiger partial charge in [0.2, 0.25) is 0 Å². The first-order chi connectivity index (χ1) is 7.45. The van der Waals surface area contributed by atoms with Gasteiger partial charge >= 0.3 is 11.5 Å². The molecule has 0 aromatic rings. The van der Waals surface area contributed by atoms with E-state index in [-0.39, 0.29) is 4.90 Å². The molecule has 5 nitrogen and oxygen atoms in total. The first-order valence-corrected chi connectivity index (χ1v) is 5.14. The summed E-state index contributed by atoms with van der Waals surface area (Å²) in [5, 5.41) is 5.17. The highest BCUT2D eigenvalue weighted by Gasteiger charge is 2.62. The average molecular weight is 272 g/mol. The largest absolute Gasteiger partial charge is 0.443 e. The predicted molar refractivity (Wildman–Crippen MR) is 53.7 cm³/mol. The Kier molecular flexibility index (Phi) is 3.37. The minimum Gasteiger partial charge on any atom is -0.443 e. The summed E-state index contributed by atoms with van der Waals surface area (Å²) in [5.74, 6) is -1.15. The molecule has 0 saturated carbocycles. The molecule has 0 aliphatic carbocycles. The monoisotopic (exact) mass is 271 g/mol. The van der Waals surface area contributed by atoms with E-state index in [1.807, 2.05) is 0 Å². The van der Waals surface area contributed by atoms with Crippen LogP contribution >= 0.6 is 11.6 Å². The number of rotatable bonds is 1. The summed E-state index contributed by atoms with van der Waals surface area (Å²) in [6.45, 7) is 4.54. The van der Waals surface area contributed by atoms with Crippen LogP contribution < -0.4 is 0 Å². The van der Waals surface area contributed by atoms with Crippen LogP contribution in [0, 0.1) is 0 Å². The highest BCUT2D eigenvalue weighted by molar-refractivity contribution is 6.23. The van der Waals surface area contributed by atoms with Gasteiger partial charge in [0, 0.05) is 0 Å². The van der Waals surface area contributed by atoms with Crippen LogP contribution in [0.4, 0.5) is 13.6 Å². The fourth-order valence-corrected chi connectivity index (χ4v) is 1.53. The zero-order valence-corrected chi connectivity index (χ0v) is 10.2. The number of hydrogen-bond acceptors (Lipinski definition) is 4. The van der Waals surface area contributed by atoms with Gasteiger partial charge in [-0.2, -0.15) is 8.78 Å². The highest BCUT2D eigenvalue weighted by atomic mass is 35.5. The molecule has 1 aliphatic rings. The molecule has 17 heavy (non-hydrogen) atoms. The van der Waals surface area contributed by atoms with Gasteiger partial charge in [0.1, 0.15) is 5.60 Å². The molecule has 0 bridgehead atoms. The van der Waals surface area contributed by atoms with Gasteiger partial charge in [0.15, 0.2) is 12.1 Å². The van der Waals surface area contributed by atoms with Crippen molar-refractivity contribution < 1.29 is 28.2 Å². The lowest BCUT2D eigenvalue weighted by molar-refractivity contribution is -0.181. The molecule has 1 heterocycles. The van der Waals surface area contributed by atoms with Crippen molar-refractivity contribution in [3.8, 4) is 0 Å². The molecule has 0 aromatic carbocycles. The Hall–Kier alpha value is -0.950. The third kappa shape index (κ3) is 2.84. The Morgan fingerprint density at radius 3 is 2.29 bits per heavy atom. The van der Waals surface area contributed by atoms with Gasteiger partial charge in [-0.3, -0.25) is 4.79 Å². The van der Waals surface area contributed by atoms with E-state index < -0.39 is 35.1 Å². The van der Waals surface area contributed by atoms with Gasteiger partial charge in [-0.05, 0) is 32.4 Å². The third-order valence-electron chi connectivity index (χ3n) is 1.99. The molecule has 0 radical (unpaired) electrons. The number of β-lactam (4-membered cyclic amide) rings is 1. The summed E-state index contributed by atoms with van der Waals surface area (Å²) in [6, 6.07) is -2.09. The molecule has 1 aliphatic heterocycles. The average Bonchev–Trinajstić information content (AvgIpc) is 2.06. The Morgan fingerprint density at radius 2 is 1.94 bits per heavy atom. The molecular formula is C9H12ClF2NO4. The summed E-state index contributed by atoms with van der Waals surface area (Å²) < 4.78 is 30.4. The van der Waals surface area contributed by atoms with Gasteiger partial charge in [-0.15, -0.1) is 0 Å². The molecule has 98 valence electrons. The van der Waals surface area contributed by atoms with Crippen molar-refractivity contribution in [1.29, 1.82) is 0 Å². The van der Waals surface area contributed by atoms with Crippen molar-refractivity contribution in [2.24, 2.45) is 0 Å². The highest BCUT2D eigenvalue weighted by Crippen LogP contribution is 2.37. The zero-order valence-electron chi connectivity index (χ0n) is 9.41. The SMILES string of the molecule is CC(C)(C)OC(=O)N1C(=O)[C@H](O)[C@@H]1C(F)(F)Cl. The fraction of sp³-hybridized carbons (Fsp3) is 0.778. The van der Waals surface area contributed by atoms with Gasteiger partial charge < -0.3 is 9.84 Å². The topological polar surface area (TPSA) is 66.8 Å². The predicted octanol–water partition coefficient (Wildman–Crippen LogP) is 1.32. The lowest BCUT2D eigenvalue weighted by Gasteiger charge is -2.44. The molecular weight excluding hydrogens is 260 g/mol. The second kappa shape index (κ2) is 4.06. The van der Waals surface area contributed by atoms with Crippen molar-refractivity contribution in [3.63, 3.8) is 0 Å². The maximum Gasteiger partial charge on any atom is 0.417 e. The number of likely N-dealkylation sites (tertiary alicyclic amines) is 1. The summed E-state index contributed by atoms with van der Waals surface area (Å²) >= 11 is 4.71. The number of nitrogens with zero attached hydrogens (tertiary/aromatic N) is 1. The molecule has 1 rings (SSSR count). The minimum absolute atomic E-state index is 0.128. The van der Waals surface area contributed by atoms with E-state index >= 15 is 0 Å². The molecule has 1 fully saturated rings. The second-order valence-electron chi connectivity index (χ2n) is 4.62. The first kappa shape index (κ1) is 14.1. The van der Waals surface area contributed by atoms with Crippen molar-refractivity contribution in [2.45, 2.75) is 43.9 Å². The van der Waals surface area contributed by atoms with Crippen LogP contribution in [0.25, 0.3) is 0 Å². The Balaban J connectivity index is 2.83. The summed E-state index contributed by atoms with van der Waals surface area (Å²) in [7, 11) is 0.